The lowest BCUT2D eigenvalue weighted by Gasteiger charge is -2.15. The van der Waals surface area contributed by atoms with E-state index in [1.807, 2.05) is 36.4 Å². The lowest BCUT2D eigenvalue weighted by Crippen LogP contribution is -2.20. The molecule has 0 aliphatic carbocycles. The first kappa shape index (κ1) is 37.5. The van der Waals surface area contributed by atoms with Gasteiger partial charge < -0.3 is 21.3 Å². The van der Waals surface area contributed by atoms with E-state index in [1.54, 1.807) is 6.07 Å². The summed E-state index contributed by atoms with van der Waals surface area (Å²) in [5, 5.41) is 10.8. The molecule has 19 heteroatoms. The van der Waals surface area contributed by atoms with E-state index in [2.05, 4.69) is 21.3 Å². The molecule has 0 atom stereocenters. The predicted octanol–water partition coefficient (Wildman–Crippen LogP) is 5.88. The molecule has 0 bridgehead atoms. The molecule has 0 aromatic heterocycles. The van der Waals surface area contributed by atoms with Gasteiger partial charge in [0.2, 0.25) is 0 Å². The zero-order chi connectivity index (χ0) is 39.0. The number of rotatable bonds is 9. The van der Waals surface area contributed by atoms with Gasteiger partial charge in [-0.3, -0.25) is 23.2 Å². The normalized spacial score (nSPS) is 11.9. The number of benzene rings is 6. The van der Waals surface area contributed by atoms with Crippen LogP contribution in [0.4, 0.5) is 27.5 Å². The molecule has 6 aromatic carbocycles. The maximum atomic E-state index is 13.2. The average molecular weight is 791 g/mol. The highest BCUT2D eigenvalue weighted by Crippen LogP contribution is 2.37. The highest BCUT2D eigenvalue weighted by atomic mass is 32.2. The van der Waals surface area contributed by atoms with E-state index >= 15 is 0 Å². The summed E-state index contributed by atoms with van der Waals surface area (Å²) in [5.74, 6) is -1.24. The first-order chi connectivity index (χ1) is 25.4. The zero-order valence-corrected chi connectivity index (χ0v) is 29.7. The van der Waals surface area contributed by atoms with Crippen molar-refractivity contribution >= 4 is 92.5 Å². The number of hydrogen-bond acceptors (Lipinski definition) is 9. The molecule has 0 saturated carbocycles. The number of carbonyl (C=O) groups is 3. The monoisotopic (exact) mass is 790 g/mol. The van der Waals surface area contributed by atoms with Gasteiger partial charge in [0.05, 0.1) is 10.6 Å². The van der Waals surface area contributed by atoms with Crippen LogP contribution in [0.25, 0.3) is 21.5 Å². The van der Waals surface area contributed by atoms with Crippen LogP contribution >= 0.6 is 0 Å². The Morgan fingerprint density at radius 1 is 0.463 bits per heavy atom. The van der Waals surface area contributed by atoms with E-state index in [1.165, 1.54) is 48.5 Å². The van der Waals surface area contributed by atoms with Crippen LogP contribution in [-0.2, 0) is 30.4 Å². The van der Waals surface area contributed by atoms with Gasteiger partial charge in [-0.1, -0.05) is 36.4 Å². The molecule has 7 N–H and O–H groups in total. The fourth-order valence-electron chi connectivity index (χ4n) is 5.50. The van der Waals surface area contributed by atoms with Crippen molar-refractivity contribution < 1.29 is 53.3 Å². The third kappa shape index (κ3) is 8.20. The Morgan fingerprint density at radius 3 is 1.52 bits per heavy atom. The molecule has 0 fully saturated rings. The molecule has 0 unspecified atom stereocenters. The van der Waals surface area contributed by atoms with Crippen LogP contribution in [0.1, 0.15) is 20.7 Å². The van der Waals surface area contributed by atoms with Gasteiger partial charge in [0, 0.05) is 44.3 Å². The molecule has 0 spiro atoms. The minimum absolute atomic E-state index is 0.0479. The van der Waals surface area contributed by atoms with Crippen molar-refractivity contribution in [2.75, 3.05) is 21.3 Å². The summed E-state index contributed by atoms with van der Waals surface area (Å²) in [6, 6.07) is 26.5. The van der Waals surface area contributed by atoms with Gasteiger partial charge >= 0.3 is 6.03 Å². The van der Waals surface area contributed by atoms with Crippen LogP contribution in [0.5, 0.6) is 0 Å². The number of fused-ring (bicyclic) bond motifs is 2. The van der Waals surface area contributed by atoms with Crippen molar-refractivity contribution in [1.82, 2.24) is 0 Å². The summed E-state index contributed by atoms with van der Waals surface area (Å²) in [6.45, 7) is 0. The second-order valence-electron chi connectivity index (χ2n) is 11.5. The van der Waals surface area contributed by atoms with Crippen molar-refractivity contribution in [2.45, 2.75) is 14.7 Å². The topological polar surface area (TPSA) is 262 Å². The van der Waals surface area contributed by atoms with Gasteiger partial charge in [-0.15, -0.1) is 0 Å². The molecule has 0 aliphatic rings. The number of urea groups is 1. The maximum Gasteiger partial charge on any atom is 0.323 e. The van der Waals surface area contributed by atoms with E-state index in [0.717, 1.165) is 22.9 Å². The van der Waals surface area contributed by atoms with Crippen LogP contribution in [0, 0.1) is 0 Å². The van der Waals surface area contributed by atoms with Gasteiger partial charge in [0.15, 0.2) is 0 Å². The van der Waals surface area contributed by atoms with Gasteiger partial charge in [0.25, 0.3) is 42.2 Å². The van der Waals surface area contributed by atoms with Gasteiger partial charge in [-0.05, 0) is 84.2 Å². The lowest BCUT2D eigenvalue weighted by molar-refractivity contribution is 0.101. The number of anilines is 4. The predicted molar refractivity (Wildman–Crippen MR) is 199 cm³/mol. The Morgan fingerprint density at radius 2 is 0.981 bits per heavy atom. The molecular formula is C35H26N4O12S3. The highest BCUT2D eigenvalue weighted by molar-refractivity contribution is 7.87. The van der Waals surface area contributed by atoms with Crippen LogP contribution < -0.4 is 21.3 Å². The van der Waals surface area contributed by atoms with Crippen LogP contribution in [0.3, 0.4) is 0 Å². The molecule has 0 heterocycles. The minimum Gasteiger partial charge on any atom is -0.321 e. The Kier molecular flexibility index (Phi) is 9.94. The Labute approximate surface area is 307 Å². The summed E-state index contributed by atoms with van der Waals surface area (Å²) in [4.78, 5) is 35.4. The SMILES string of the molecule is O=C(Nc1ccc(C(=O)Nc2cccc3ccccc23)cc1)Nc1ccc(C(=O)Nc2ccc(S(=O)(=O)O)c3cc(S(=O)(=O)O)cc(S(=O)(=O)O)c23)cc1. The van der Waals surface area contributed by atoms with Crippen LogP contribution in [0.2, 0.25) is 0 Å². The lowest BCUT2D eigenvalue weighted by atomic mass is 10.1. The van der Waals surface area contributed by atoms with Crippen LogP contribution in [-0.4, -0.2) is 56.8 Å². The fourth-order valence-corrected chi connectivity index (χ4v) is 7.54. The molecule has 4 amide bonds. The first-order valence-corrected chi connectivity index (χ1v) is 19.6. The molecule has 0 saturated heterocycles. The van der Waals surface area contributed by atoms with E-state index in [9.17, 15) is 53.3 Å². The van der Waals surface area contributed by atoms with E-state index in [-0.39, 0.29) is 17.2 Å². The Bertz CT molecular complexity index is 2840. The molecule has 276 valence electrons. The summed E-state index contributed by atoms with van der Waals surface area (Å²) in [5.41, 5.74) is 1.13. The van der Waals surface area contributed by atoms with Gasteiger partial charge in [-0.2, -0.15) is 25.3 Å². The van der Waals surface area contributed by atoms with Crippen molar-refractivity contribution in [3.8, 4) is 0 Å². The summed E-state index contributed by atoms with van der Waals surface area (Å²) >= 11 is 0. The molecule has 16 nitrogen and oxygen atoms in total. The number of amides is 4. The average Bonchev–Trinajstić information content (AvgIpc) is 3.10. The molecular weight excluding hydrogens is 765 g/mol. The van der Waals surface area contributed by atoms with Crippen molar-refractivity contribution in [3.63, 3.8) is 0 Å². The fraction of sp³-hybridized carbons (Fsp3) is 0. The number of nitrogens with one attached hydrogen (secondary N) is 4. The molecule has 6 aromatic rings. The Hall–Kier alpha value is -6.22. The van der Waals surface area contributed by atoms with Crippen molar-refractivity contribution in [3.05, 3.63) is 126 Å². The second-order valence-corrected chi connectivity index (χ2v) is 15.8. The summed E-state index contributed by atoms with van der Waals surface area (Å²) in [7, 11) is -15.6. The van der Waals surface area contributed by atoms with E-state index < -0.39 is 73.4 Å². The quantitative estimate of drug-likeness (QED) is 0.0847. The highest BCUT2D eigenvalue weighted by Gasteiger charge is 2.27. The van der Waals surface area contributed by atoms with E-state index in [0.29, 0.717) is 29.1 Å². The standard InChI is InChI=1S/C35H26N4O12S3/c40-33(38-28-7-3-5-20-4-1-2-6-26(20)28)21-8-12-23(13-9-21)36-35(42)37-24-14-10-22(11-15-24)34(41)39-29-16-17-30(53(46,47)48)27-18-25(52(43,44)45)19-31(32(27)29)54(49,50)51/h1-19H,(H,38,40)(H,39,41)(H2,36,37,42)(H,43,44,45)(H,46,47,48)(H,49,50,51). The molecule has 0 aliphatic heterocycles. The third-order valence-electron chi connectivity index (χ3n) is 7.96. The molecule has 54 heavy (non-hydrogen) atoms. The number of hydrogen-bond donors (Lipinski definition) is 7. The Balaban J connectivity index is 1.15. The minimum atomic E-state index is -5.33. The molecule has 0 radical (unpaired) electrons. The summed E-state index contributed by atoms with van der Waals surface area (Å²) in [6.07, 6.45) is 0. The van der Waals surface area contributed by atoms with E-state index in [4.69, 9.17) is 0 Å². The smallest absolute Gasteiger partial charge is 0.321 e. The van der Waals surface area contributed by atoms with Crippen molar-refractivity contribution in [1.29, 1.82) is 0 Å². The third-order valence-corrected chi connectivity index (χ3v) is 10.6. The maximum absolute atomic E-state index is 13.2. The first-order valence-electron chi connectivity index (χ1n) is 15.3. The zero-order valence-electron chi connectivity index (χ0n) is 27.2. The second kappa shape index (κ2) is 14.3. The van der Waals surface area contributed by atoms with Crippen molar-refractivity contribution in [2.24, 2.45) is 0 Å². The summed E-state index contributed by atoms with van der Waals surface area (Å²) < 4.78 is 101. The molecule has 6 rings (SSSR count). The number of carbonyl (C=O) groups excluding carboxylic acids is 3. The van der Waals surface area contributed by atoms with Gasteiger partial charge in [0.1, 0.15) is 9.79 Å². The van der Waals surface area contributed by atoms with Gasteiger partial charge in [-0.25, -0.2) is 4.79 Å². The largest absolute Gasteiger partial charge is 0.323 e. The van der Waals surface area contributed by atoms with Crippen LogP contribution in [0.15, 0.2) is 130 Å².